The monoisotopic (exact) mass is 592 g/mol. The maximum absolute atomic E-state index is 9.82. The van der Waals surface area contributed by atoms with E-state index in [0.717, 1.165) is 20.3 Å². The zero-order valence-electron chi connectivity index (χ0n) is 16.9. The van der Waals surface area contributed by atoms with E-state index in [1.165, 1.54) is 0 Å². The highest BCUT2D eigenvalue weighted by atomic mass is 127. The van der Waals surface area contributed by atoms with Gasteiger partial charge in [-0.25, -0.2) is 0 Å². The lowest BCUT2D eigenvalue weighted by Gasteiger charge is -2.27. The van der Waals surface area contributed by atoms with Crippen LogP contribution in [0.4, 0.5) is 0 Å². The number of benzene rings is 3. The Morgan fingerprint density at radius 2 is 1.85 bits per heavy atom. The lowest BCUT2D eigenvalue weighted by atomic mass is 9.83. The van der Waals surface area contributed by atoms with E-state index in [0.29, 0.717) is 45.2 Å². The highest BCUT2D eigenvalue weighted by molar-refractivity contribution is 14.1. The average molecular weight is 593 g/mol. The number of allylic oxidation sites excluding steroid dienone is 1. The number of hydrogen-bond acceptors (Lipinski definition) is 6. The van der Waals surface area contributed by atoms with Crippen LogP contribution in [0.1, 0.15) is 22.6 Å². The maximum atomic E-state index is 9.82. The highest BCUT2D eigenvalue weighted by Gasteiger charge is 2.33. The predicted octanol–water partition coefficient (Wildman–Crippen LogP) is 6.12. The second-order valence-electron chi connectivity index (χ2n) is 7.38. The van der Waals surface area contributed by atoms with E-state index in [1.54, 1.807) is 18.2 Å². The quantitative estimate of drug-likeness (QED) is 0.367. The summed E-state index contributed by atoms with van der Waals surface area (Å²) in [4.78, 5) is 0. The van der Waals surface area contributed by atoms with E-state index in [2.05, 4.69) is 28.7 Å². The van der Waals surface area contributed by atoms with Gasteiger partial charge in [-0.2, -0.15) is 5.26 Å². The number of halogens is 3. The average Bonchev–Trinajstić information content (AvgIpc) is 3.24. The van der Waals surface area contributed by atoms with Crippen molar-refractivity contribution < 1.29 is 18.9 Å². The normalized spacial score (nSPS) is 16.1. The minimum atomic E-state index is -0.415. The Hall–Kier alpha value is -2.80. The van der Waals surface area contributed by atoms with Gasteiger partial charge in [-0.1, -0.05) is 35.3 Å². The maximum Gasteiger partial charge on any atom is 0.231 e. The van der Waals surface area contributed by atoms with Crippen molar-refractivity contribution in [2.45, 2.75) is 12.5 Å². The Kier molecular flexibility index (Phi) is 5.91. The summed E-state index contributed by atoms with van der Waals surface area (Å²) in [6, 6.07) is 16.8. The molecule has 9 heteroatoms. The van der Waals surface area contributed by atoms with Gasteiger partial charge in [0, 0.05) is 27.2 Å². The first-order valence-electron chi connectivity index (χ1n) is 9.82. The first-order chi connectivity index (χ1) is 15.9. The second kappa shape index (κ2) is 8.86. The van der Waals surface area contributed by atoms with Crippen LogP contribution in [0.2, 0.25) is 10.0 Å². The number of fused-ring (bicyclic) bond motifs is 2. The number of nitrogens with zero attached hydrogens (tertiary/aromatic N) is 1. The van der Waals surface area contributed by atoms with Gasteiger partial charge in [-0.15, -0.1) is 0 Å². The van der Waals surface area contributed by atoms with Crippen molar-refractivity contribution in [3.63, 3.8) is 0 Å². The molecule has 2 N–H and O–H groups in total. The number of nitriles is 1. The summed E-state index contributed by atoms with van der Waals surface area (Å²) in [6.45, 7) is 0.434. The Morgan fingerprint density at radius 3 is 2.58 bits per heavy atom. The summed E-state index contributed by atoms with van der Waals surface area (Å²) in [5.74, 6) is 2.07. The summed E-state index contributed by atoms with van der Waals surface area (Å²) in [5, 5.41) is 10.9. The molecular weight excluding hydrogens is 578 g/mol. The molecule has 3 aromatic carbocycles. The van der Waals surface area contributed by atoms with Crippen molar-refractivity contribution in [1.29, 1.82) is 5.26 Å². The van der Waals surface area contributed by atoms with E-state index < -0.39 is 5.92 Å². The smallest absolute Gasteiger partial charge is 0.231 e. The van der Waals surface area contributed by atoms with Crippen LogP contribution >= 0.6 is 45.8 Å². The fraction of sp³-hybridized carbons (Fsp3) is 0.125. The van der Waals surface area contributed by atoms with E-state index >= 15 is 0 Å². The van der Waals surface area contributed by atoms with Gasteiger partial charge in [0.05, 0.1) is 9.49 Å². The topological polar surface area (TPSA) is 86.7 Å². The standard InChI is InChI=1S/C24H15Cl2IN2O4/c25-14-3-1-13(17(26)6-14)10-30-19-4-2-12(5-18(19)27)23-15-7-21-22(32-11-31-21)8-20(15)33-24(29)16(23)9-28/h1-8,23H,10-11,29H2/t23-/m1/s1. The molecule has 0 unspecified atom stereocenters. The third-order valence-corrected chi connectivity index (χ3v) is 6.83. The molecule has 0 saturated heterocycles. The van der Waals surface area contributed by atoms with Gasteiger partial charge in [0.25, 0.3) is 0 Å². The van der Waals surface area contributed by atoms with Crippen molar-refractivity contribution >= 4 is 45.8 Å². The van der Waals surface area contributed by atoms with Crippen LogP contribution in [0, 0.1) is 14.9 Å². The second-order valence-corrected chi connectivity index (χ2v) is 9.39. The SMILES string of the molecule is N#CC1=C(N)Oc2cc3c(cc2[C@H]1c1ccc(OCc2ccc(Cl)cc2Cl)c(I)c1)OCO3. The molecule has 6 nitrogen and oxygen atoms in total. The molecule has 1 atom stereocenters. The molecule has 0 amide bonds. The zero-order chi connectivity index (χ0) is 23.1. The van der Waals surface area contributed by atoms with E-state index in [9.17, 15) is 5.26 Å². The number of hydrogen-bond donors (Lipinski definition) is 1. The molecule has 2 aliphatic rings. The molecule has 0 bridgehead atoms. The molecule has 0 fully saturated rings. The Balaban J connectivity index is 1.48. The van der Waals surface area contributed by atoms with Crippen LogP contribution in [0.5, 0.6) is 23.0 Å². The molecule has 2 heterocycles. The summed E-state index contributed by atoms with van der Waals surface area (Å²) in [6.07, 6.45) is 0. The van der Waals surface area contributed by atoms with E-state index in [1.807, 2.05) is 30.3 Å². The first-order valence-corrected chi connectivity index (χ1v) is 11.7. The minimum absolute atomic E-state index is 0.0709. The summed E-state index contributed by atoms with van der Waals surface area (Å²) >= 11 is 14.4. The van der Waals surface area contributed by atoms with Crippen LogP contribution in [-0.4, -0.2) is 6.79 Å². The van der Waals surface area contributed by atoms with Gasteiger partial charge in [0.1, 0.15) is 29.7 Å². The Bertz CT molecular complexity index is 1350. The summed E-state index contributed by atoms with van der Waals surface area (Å²) in [7, 11) is 0. The molecule has 0 radical (unpaired) electrons. The molecule has 166 valence electrons. The third kappa shape index (κ3) is 4.14. The fourth-order valence-electron chi connectivity index (χ4n) is 3.80. The first kappa shape index (κ1) is 22.0. The van der Waals surface area contributed by atoms with Gasteiger partial charge >= 0.3 is 0 Å². The Morgan fingerprint density at radius 1 is 1.06 bits per heavy atom. The van der Waals surface area contributed by atoms with Crippen molar-refractivity contribution in [2.75, 3.05) is 6.79 Å². The minimum Gasteiger partial charge on any atom is -0.488 e. The fourth-order valence-corrected chi connectivity index (χ4v) is 4.96. The highest BCUT2D eigenvalue weighted by Crippen LogP contribution is 2.48. The third-order valence-electron chi connectivity index (χ3n) is 5.40. The molecule has 33 heavy (non-hydrogen) atoms. The lowest BCUT2D eigenvalue weighted by molar-refractivity contribution is 0.174. The predicted molar refractivity (Wildman–Crippen MR) is 132 cm³/mol. The Labute approximate surface area is 213 Å². The summed E-state index contributed by atoms with van der Waals surface area (Å²) in [5.41, 5.74) is 8.91. The van der Waals surface area contributed by atoms with Crippen LogP contribution in [0.25, 0.3) is 0 Å². The number of nitrogens with two attached hydrogens (primary N) is 1. The van der Waals surface area contributed by atoms with Crippen LogP contribution < -0.4 is 24.7 Å². The molecule has 3 aromatic rings. The van der Waals surface area contributed by atoms with Crippen LogP contribution in [-0.2, 0) is 6.61 Å². The van der Waals surface area contributed by atoms with Crippen molar-refractivity contribution in [3.8, 4) is 29.1 Å². The van der Waals surface area contributed by atoms with Crippen molar-refractivity contribution in [1.82, 2.24) is 0 Å². The van der Waals surface area contributed by atoms with Gasteiger partial charge in [-0.05, 0) is 58.5 Å². The van der Waals surface area contributed by atoms with E-state index in [4.69, 9.17) is 47.9 Å². The van der Waals surface area contributed by atoms with Gasteiger partial charge < -0.3 is 24.7 Å². The molecule has 0 saturated carbocycles. The van der Waals surface area contributed by atoms with E-state index in [-0.39, 0.29) is 12.7 Å². The number of rotatable bonds is 4. The number of ether oxygens (including phenoxy) is 4. The largest absolute Gasteiger partial charge is 0.488 e. The molecule has 5 rings (SSSR count). The molecule has 2 aliphatic heterocycles. The van der Waals surface area contributed by atoms with Crippen molar-refractivity contribution in [2.24, 2.45) is 5.73 Å². The lowest BCUT2D eigenvalue weighted by Crippen LogP contribution is -2.21. The zero-order valence-corrected chi connectivity index (χ0v) is 20.6. The molecule has 0 aliphatic carbocycles. The van der Waals surface area contributed by atoms with Crippen LogP contribution in [0.3, 0.4) is 0 Å². The van der Waals surface area contributed by atoms with Gasteiger partial charge in [0.2, 0.25) is 12.7 Å². The molecular formula is C24H15Cl2IN2O4. The van der Waals surface area contributed by atoms with Gasteiger partial charge in [-0.3, -0.25) is 0 Å². The van der Waals surface area contributed by atoms with Gasteiger partial charge in [0.15, 0.2) is 11.5 Å². The van der Waals surface area contributed by atoms with Crippen molar-refractivity contribution in [3.05, 3.63) is 90.3 Å². The molecule has 0 aromatic heterocycles. The molecule has 0 spiro atoms. The summed E-state index contributed by atoms with van der Waals surface area (Å²) < 4.78 is 23.6. The van der Waals surface area contributed by atoms with Crippen LogP contribution in [0.15, 0.2) is 60.0 Å².